The molecule has 5 heteroatoms. The van der Waals surface area contributed by atoms with E-state index in [1.807, 2.05) is 42.8 Å². The van der Waals surface area contributed by atoms with Gasteiger partial charge in [-0.25, -0.2) is 4.68 Å². The van der Waals surface area contributed by atoms with E-state index >= 15 is 0 Å². The number of nitrogens with one attached hydrogen (secondary N) is 1. The van der Waals surface area contributed by atoms with Crippen molar-refractivity contribution in [3.05, 3.63) is 35.5 Å². The highest BCUT2D eigenvalue weighted by Crippen LogP contribution is 2.28. The number of nitrogen functional groups attached to an aromatic ring is 1. The molecule has 2 aromatic rings. The molecule has 3 N–H and O–H groups in total. The maximum atomic E-state index is 6.07. The monoisotopic (exact) mass is 260 g/mol. The molecule has 0 bridgehead atoms. The zero-order chi connectivity index (χ0) is 13.8. The summed E-state index contributed by atoms with van der Waals surface area (Å²) in [7, 11) is 1.69. The van der Waals surface area contributed by atoms with Crippen LogP contribution in [0.2, 0.25) is 0 Å². The molecule has 0 radical (unpaired) electrons. The molecular formula is C14H20N4O. The number of aryl methyl sites for hydroxylation is 2. The maximum Gasteiger partial charge on any atom is 0.152 e. The van der Waals surface area contributed by atoms with E-state index in [0.717, 1.165) is 29.3 Å². The predicted molar refractivity (Wildman–Crippen MR) is 77.5 cm³/mol. The molecule has 1 aromatic carbocycles. The molecule has 2 rings (SSSR count). The van der Waals surface area contributed by atoms with Crippen LogP contribution in [0.1, 0.15) is 18.2 Å². The zero-order valence-electron chi connectivity index (χ0n) is 11.6. The van der Waals surface area contributed by atoms with Crippen LogP contribution in [0.15, 0.2) is 24.3 Å². The number of nitrogens with two attached hydrogens (primary N) is 1. The van der Waals surface area contributed by atoms with Gasteiger partial charge in [-0.1, -0.05) is 18.2 Å². The normalized spacial score (nSPS) is 10.7. The lowest BCUT2D eigenvalue weighted by atomic mass is 10.2. The summed E-state index contributed by atoms with van der Waals surface area (Å²) in [6.45, 7) is 5.28. The minimum Gasteiger partial charge on any atom is -0.394 e. The Morgan fingerprint density at radius 2 is 2.11 bits per heavy atom. The summed E-state index contributed by atoms with van der Waals surface area (Å²) < 4.78 is 7.07. The number of benzene rings is 1. The zero-order valence-corrected chi connectivity index (χ0v) is 11.6. The number of hydrogen-bond acceptors (Lipinski definition) is 4. The second-order valence-electron chi connectivity index (χ2n) is 4.38. The SMILES string of the molecule is CCn1nc(C)c(N)c1Nc1ccccc1COC. The minimum absolute atomic E-state index is 0.558. The maximum absolute atomic E-state index is 6.07. The summed E-state index contributed by atoms with van der Waals surface area (Å²) in [5.41, 5.74) is 9.68. The van der Waals surface area contributed by atoms with Gasteiger partial charge < -0.3 is 15.8 Å². The Bertz CT molecular complexity index is 563. The first-order chi connectivity index (χ1) is 9.17. The first kappa shape index (κ1) is 13.4. The van der Waals surface area contributed by atoms with Crippen LogP contribution >= 0.6 is 0 Å². The average molecular weight is 260 g/mol. The third kappa shape index (κ3) is 2.71. The summed E-state index contributed by atoms with van der Waals surface area (Å²) in [4.78, 5) is 0. The van der Waals surface area contributed by atoms with Crippen LogP contribution in [0.25, 0.3) is 0 Å². The molecule has 0 amide bonds. The molecule has 102 valence electrons. The van der Waals surface area contributed by atoms with Crippen molar-refractivity contribution >= 4 is 17.2 Å². The fourth-order valence-corrected chi connectivity index (χ4v) is 2.01. The van der Waals surface area contributed by atoms with Gasteiger partial charge >= 0.3 is 0 Å². The second kappa shape index (κ2) is 5.75. The van der Waals surface area contributed by atoms with E-state index in [1.54, 1.807) is 7.11 Å². The van der Waals surface area contributed by atoms with Crippen LogP contribution in [0, 0.1) is 6.92 Å². The van der Waals surface area contributed by atoms with Gasteiger partial charge in [0.25, 0.3) is 0 Å². The van der Waals surface area contributed by atoms with E-state index in [2.05, 4.69) is 10.4 Å². The Morgan fingerprint density at radius 3 is 2.79 bits per heavy atom. The molecule has 0 saturated heterocycles. The van der Waals surface area contributed by atoms with Crippen molar-refractivity contribution in [2.45, 2.75) is 27.0 Å². The second-order valence-corrected chi connectivity index (χ2v) is 4.38. The van der Waals surface area contributed by atoms with Crippen molar-refractivity contribution in [3.8, 4) is 0 Å². The molecule has 1 aromatic heterocycles. The van der Waals surface area contributed by atoms with Gasteiger partial charge in [-0.15, -0.1) is 0 Å². The van der Waals surface area contributed by atoms with Crippen LogP contribution in [0.4, 0.5) is 17.2 Å². The molecule has 19 heavy (non-hydrogen) atoms. The number of methoxy groups -OCH3 is 1. The number of para-hydroxylation sites is 1. The van der Waals surface area contributed by atoms with Crippen molar-refractivity contribution in [2.24, 2.45) is 0 Å². The third-order valence-corrected chi connectivity index (χ3v) is 3.04. The van der Waals surface area contributed by atoms with Gasteiger partial charge in [0, 0.05) is 24.9 Å². The molecule has 0 fully saturated rings. The number of rotatable bonds is 5. The molecule has 0 aliphatic carbocycles. The van der Waals surface area contributed by atoms with Gasteiger partial charge in [0.1, 0.15) is 0 Å². The molecule has 1 heterocycles. The highest BCUT2D eigenvalue weighted by Gasteiger charge is 2.12. The molecule has 0 aliphatic rings. The highest BCUT2D eigenvalue weighted by molar-refractivity contribution is 5.72. The van der Waals surface area contributed by atoms with E-state index < -0.39 is 0 Å². The Balaban J connectivity index is 2.36. The molecule has 0 unspecified atom stereocenters. The molecule has 5 nitrogen and oxygen atoms in total. The Hall–Kier alpha value is -2.01. The molecule has 0 spiro atoms. The van der Waals surface area contributed by atoms with Crippen molar-refractivity contribution in [1.82, 2.24) is 9.78 Å². The Kier molecular flexibility index (Phi) is 4.06. The van der Waals surface area contributed by atoms with Gasteiger partial charge in [0.15, 0.2) is 5.82 Å². The average Bonchev–Trinajstić information content (AvgIpc) is 2.69. The topological polar surface area (TPSA) is 65.1 Å². The summed E-state index contributed by atoms with van der Waals surface area (Å²) in [5.74, 6) is 0.837. The number of nitrogens with zero attached hydrogens (tertiary/aromatic N) is 2. The molecule has 0 atom stereocenters. The van der Waals surface area contributed by atoms with Gasteiger partial charge in [-0.05, 0) is 19.9 Å². The lowest BCUT2D eigenvalue weighted by molar-refractivity contribution is 0.185. The first-order valence-corrected chi connectivity index (χ1v) is 6.34. The van der Waals surface area contributed by atoms with Crippen LogP contribution < -0.4 is 11.1 Å². The van der Waals surface area contributed by atoms with Crippen LogP contribution in [-0.2, 0) is 17.9 Å². The number of ether oxygens (including phenoxy) is 1. The highest BCUT2D eigenvalue weighted by atomic mass is 16.5. The van der Waals surface area contributed by atoms with Gasteiger partial charge in [-0.2, -0.15) is 5.10 Å². The summed E-state index contributed by atoms with van der Waals surface area (Å²) in [5, 5.41) is 7.76. The quantitative estimate of drug-likeness (QED) is 0.867. The summed E-state index contributed by atoms with van der Waals surface area (Å²) in [6.07, 6.45) is 0. The lowest BCUT2D eigenvalue weighted by Gasteiger charge is -2.13. The fraction of sp³-hybridized carbons (Fsp3) is 0.357. The van der Waals surface area contributed by atoms with E-state index in [1.165, 1.54) is 0 Å². The Morgan fingerprint density at radius 1 is 1.37 bits per heavy atom. The van der Waals surface area contributed by atoms with Gasteiger partial charge in [0.2, 0.25) is 0 Å². The number of hydrogen-bond donors (Lipinski definition) is 2. The summed E-state index contributed by atoms with van der Waals surface area (Å²) in [6, 6.07) is 8.01. The van der Waals surface area contributed by atoms with Crippen molar-refractivity contribution < 1.29 is 4.74 Å². The largest absolute Gasteiger partial charge is 0.394 e. The number of anilines is 3. The van der Waals surface area contributed by atoms with E-state index in [0.29, 0.717) is 12.3 Å². The van der Waals surface area contributed by atoms with Gasteiger partial charge in [0.05, 0.1) is 18.0 Å². The van der Waals surface area contributed by atoms with E-state index in [4.69, 9.17) is 10.5 Å². The van der Waals surface area contributed by atoms with Crippen molar-refractivity contribution in [1.29, 1.82) is 0 Å². The Labute approximate surface area is 113 Å². The van der Waals surface area contributed by atoms with E-state index in [-0.39, 0.29) is 0 Å². The molecule has 0 aliphatic heterocycles. The van der Waals surface area contributed by atoms with Crippen LogP contribution in [-0.4, -0.2) is 16.9 Å². The van der Waals surface area contributed by atoms with Gasteiger partial charge in [-0.3, -0.25) is 0 Å². The number of aromatic nitrogens is 2. The molecule has 0 saturated carbocycles. The van der Waals surface area contributed by atoms with Crippen molar-refractivity contribution in [3.63, 3.8) is 0 Å². The summed E-state index contributed by atoms with van der Waals surface area (Å²) >= 11 is 0. The molecular weight excluding hydrogens is 240 g/mol. The van der Waals surface area contributed by atoms with Crippen LogP contribution in [0.5, 0.6) is 0 Å². The smallest absolute Gasteiger partial charge is 0.152 e. The first-order valence-electron chi connectivity index (χ1n) is 6.34. The minimum atomic E-state index is 0.558. The fourth-order valence-electron chi connectivity index (χ4n) is 2.01. The van der Waals surface area contributed by atoms with Crippen molar-refractivity contribution in [2.75, 3.05) is 18.2 Å². The third-order valence-electron chi connectivity index (χ3n) is 3.04. The van der Waals surface area contributed by atoms with E-state index in [9.17, 15) is 0 Å². The van der Waals surface area contributed by atoms with Crippen LogP contribution in [0.3, 0.4) is 0 Å². The standard InChI is InChI=1S/C14H20N4O/c1-4-18-14(13(15)10(2)17-18)16-12-8-6-5-7-11(12)9-19-3/h5-8,16H,4,9,15H2,1-3H3. The predicted octanol–water partition coefficient (Wildman–Crippen LogP) is 2.68. The lowest BCUT2D eigenvalue weighted by Crippen LogP contribution is -2.06.